The van der Waals surface area contributed by atoms with Crippen LogP contribution in [-0.2, 0) is 9.53 Å². The highest BCUT2D eigenvalue weighted by Crippen LogP contribution is 2.13. The van der Waals surface area contributed by atoms with Crippen molar-refractivity contribution in [3.63, 3.8) is 0 Å². The molecule has 0 spiro atoms. The van der Waals surface area contributed by atoms with Gasteiger partial charge in [0.2, 0.25) is 0 Å². The predicted octanol–water partition coefficient (Wildman–Crippen LogP) is 1.69. The summed E-state index contributed by atoms with van der Waals surface area (Å²) < 4.78 is 5.39. The van der Waals surface area contributed by atoms with E-state index in [2.05, 4.69) is 15.3 Å². The number of nitrogens with zero attached hydrogens (tertiary/aromatic N) is 1. The predicted molar refractivity (Wildman–Crippen MR) is 91.2 cm³/mol. The van der Waals surface area contributed by atoms with Crippen molar-refractivity contribution in [3.8, 4) is 6.07 Å². The lowest BCUT2D eigenvalue weighted by molar-refractivity contribution is -0.117. The van der Waals surface area contributed by atoms with Crippen molar-refractivity contribution in [1.82, 2.24) is 15.3 Å². The molecule has 7 nitrogen and oxygen atoms in total. The molecular formula is C17H20N4O3. The number of carbonyl (C=O) groups is 1. The molecule has 0 bridgehead atoms. The highest BCUT2D eigenvalue weighted by molar-refractivity contribution is 6.01. The average Bonchev–Trinajstić information content (AvgIpc) is 2.91. The second-order valence-corrected chi connectivity index (χ2v) is 5.58. The van der Waals surface area contributed by atoms with Crippen LogP contribution >= 0.6 is 0 Å². The first-order valence-electron chi connectivity index (χ1n) is 7.73. The molecule has 0 aliphatic carbocycles. The van der Waals surface area contributed by atoms with E-state index < -0.39 is 5.91 Å². The molecule has 1 amide bonds. The lowest BCUT2D eigenvalue weighted by Gasteiger charge is -2.08. The molecule has 0 atom stereocenters. The van der Waals surface area contributed by atoms with Crippen LogP contribution in [0.25, 0.3) is 17.1 Å². The molecule has 3 N–H and O–H groups in total. The van der Waals surface area contributed by atoms with Crippen LogP contribution in [0.1, 0.15) is 25.8 Å². The van der Waals surface area contributed by atoms with Crippen molar-refractivity contribution in [1.29, 1.82) is 5.26 Å². The van der Waals surface area contributed by atoms with Gasteiger partial charge in [0.25, 0.3) is 5.91 Å². The van der Waals surface area contributed by atoms with Gasteiger partial charge in [0.05, 0.1) is 17.1 Å². The third kappa shape index (κ3) is 4.83. The minimum absolute atomic E-state index is 0.0111. The molecule has 0 aliphatic heterocycles. The summed E-state index contributed by atoms with van der Waals surface area (Å²) in [6, 6.07) is 7.05. The van der Waals surface area contributed by atoms with Gasteiger partial charge in [-0.3, -0.25) is 4.79 Å². The molecule has 1 aromatic heterocycles. The van der Waals surface area contributed by atoms with Gasteiger partial charge in [-0.2, -0.15) is 5.26 Å². The molecule has 1 aromatic carbocycles. The summed E-state index contributed by atoms with van der Waals surface area (Å²) in [5.74, 6) is -0.426. The fourth-order valence-electron chi connectivity index (χ4n) is 2.14. The van der Waals surface area contributed by atoms with Crippen molar-refractivity contribution in [3.05, 3.63) is 39.8 Å². The highest BCUT2D eigenvalue weighted by atomic mass is 16.5. The Labute approximate surface area is 139 Å². The number of nitriles is 1. The molecule has 0 radical (unpaired) electrons. The lowest BCUT2D eigenvalue weighted by atomic mass is 10.1. The number of amides is 1. The van der Waals surface area contributed by atoms with Crippen LogP contribution in [0.15, 0.2) is 28.6 Å². The van der Waals surface area contributed by atoms with E-state index in [0.29, 0.717) is 36.2 Å². The summed E-state index contributed by atoms with van der Waals surface area (Å²) in [6.07, 6.45) is 2.33. The van der Waals surface area contributed by atoms with Crippen LogP contribution in [0.2, 0.25) is 0 Å². The van der Waals surface area contributed by atoms with E-state index in [9.17, 15) is 14.9 Å². The van der Waals surface area contributed by atoms with Gasteiger partial charge in [0, 0.05) is 13.2 Å². The number of carbonyl (C=O) groups excluding carboxylic acids is 1. The maximum Gasteiger partial charge on any atom is 0.323 e. The normalized spacial score (nSPS) is 11.7. The summed E-state index contributed by atoms with van der Waals surface area (Å²) in [6.45, 7) is 4.89. The largest absolute Gasteiger partial charge is 0.379 e. The number of hydrogen-bond acceptors (Lipinski definition) is 4. The molecule has 0 saturated heterocycles. The van der Waals surface area contributed by atoms with Gasteiger partial charge < -0.3 is 20.0 Å². The van der Waals surface area contributed by atoms with Crippen molar-refractivity contribution >= 4 is 23.0 Å². The Morgan fingerprint density at radius 1 is 1.38 bits per heavy atom. The first kappa shape index (κ1) is 17.5. The first-order chi connectivity index (χ1) is 11.5. The maximum absolute atomic E-state index is 12.0. The van der Waals surface area contributed by atoms with E-state index >= 15 is 0 Å². The quantitative estimate of drug-likeness (QED) is 0.408. The summed E-state index contributed by atoms with van der Waals surface area (Å²) in [5, 5.41) is 11.9. The Morgan fingerprint density at radius 3 is 2.83 bits per heavy atom. The van der Waals surface area contributed by atoms with Gasteiger partial charge in [0.15, 0.2) is 0 Å². The van der Waals surface area contributed by atoms with E-state index in [1.165, 1.54) is 6.08 Å². The van der Waals surface area contributed by atoms with Gasteiger partial charge in [-0.1, -0.05) is 6.07 Å². The molecule has 7 heteroatoms. The van der Waals surface area contributed by atoms with E-state index in [4.69, 9.17) is 4.74 Å². The van der Waals surface area contributed by atoms with Gasteiger partial charge in [-0.25, -0.2) is 4.79 Å². The van der Waals surface area contributed by atoms with Crippen LogP contribution in [0.5, 0.6) is 0 Å². The Hall–Kier alpha value is -2.85. The zero-order valence-corrected chi connectivity index (χ0v) is 13.7. The molecule has 0 saturated carbocycles. The summed E-state index contributed by atoms with van der Waals surface area (Å²) in [5.41, 5.74) is 1.67. The maximum atomic E-state index is 12.0. The van der Waals surface area contributed by atoms with Crippen molar-refractivity contribution in [2.45, 2.75) is 26.4 Å². The highest BCUT2D eigenvalue weighted by Gasteiger charge is 2.09. The Kier molecular flexibility index (Phi) is 5.93. The SMILES string of the molecule is CC(C)OCCCNC(=O)/C(C#N)=C/c1ccc2[nH]c(=O)[nH]c2c1. The standard InChI is InChI=1S/C17H20N4O3/c1-11(2)24-7-3-6-19-16(22)13(10-18)8-12-4-5-14-15(9-12)21-17(23)20-14/h4-5,8-9,11H,3,6-7H2,1-2H3,(H,19,22)(H2,20,21,23)/b13-8+. The van der Waals surface area contributed by atoms with E-state index in [1.54, 1.807) is 18.2 Å². The number of aromatic amines is 2. The van der Waals surface area contributed by atoms with E-state index in [1.807, 2.05) is 19.9 Å². The number of rotatable bonds is 7. The first-order valence-corrected chi connectivity index (χ1v) is 7.73. The zero-order valence-electron chi connectivity index (χ0n) is 13.7. The minimum atomic E-state index is -0.426. The van der Waals surface area contributed by atoms with Gasteiger partial charge in [0.1, 0.15) is 11.6 Å². The van der Waals surface area contributed by atoms with E-state index in [-0.39, 0.29) is 17.4 Å². The number of aromatic nitrogens is 2. The fraction of sp³-hybridized carbons (Fsp3) is 0.353. The van der Waals surface area contributed by atoms with Crippen LogP contribution in [-0.4, -0.2) is 35.1 Å². The number of nitrogens with one attached hydrogen (secondary N) is 3. The summed E-state index contributed by atoms with van der Waals surface area (Å²) in [7, 11) is 0. The molecule has 126 valence electrons. The topological polar surface area (TPSA) is 111 Å². The number of fused-ring (bicyclic) bond motifs is 1. The molecule has 0 fully saturated rings. The molecular weight excluding hydrogens is 308 g/mol. The molecule has 1 heterocycles. The number of benzene rings is 1. The zero-order chi connectivity index (χ0) is 17.5. The third-order valence-corrected chi connectivity index (χ3v) is 3.27. The second kappa shape index (κ2) is 8.13. The molecule has 0 unspecified atom stereocenters. The number of hydrogen-bond donors (Lipinski definition) is 3. The minimum Gasteiger partial charge on any atom is -0.379 e. The number of ether oxygens (including phenoxy) is 1. The molecule has 0 aliphatic rings. The summed E-state index contributed by atoms with van der Waals surface area (Å²) >= 11 is 0. The fourth-order valence-corrected chi connectivity index (χ4v) is 2.14. The Morgan fingerprint density at radius 2 is 2.12 bits per heavy atom. The Balaban J connectivity index is 2.00. The van der Waals surface area contributed by atoms with Crippen LogP contribution in [0, 0.1) is 11.3 Å². The van der Waals surface area contributed by atoms with Crippen molar-refractivity contribution < 1.29 is 9.53 Å². The monoisotopic (exact) mass is 328 g/mol. The Bertz CT molecular complexity index is 839. The van der Waals surface area contributed by atoms with Crippen molar-refractivity contribution in [2.75, 3.05) is 13.2 Å². The van der Waals surface area contributed by atoms with Gasteiger partial charge in [-0.05, 0) is 44.0 Å². The lowest BCUT2D eigenvalue weighted by Crippen LogP contribution is -2.26. The smallest absolute Gasteiger partial charge is 0.323 e. The van der Waals surface area contributed by atoms with Gasteiger partial charge >= 0.3 is 5.69 Å². The number of H-pyrrole nitrogens is 2. The van der Waals surface area contributed by atoms with Crippen molar-refractivity contribution in [2.24, 2.45) is 0 Å². The van der Waals surface area contributed by atoms with Crippen LogP contribution in [0.4, 0.5) is 0 Å². The molecule has 24 heavy (non-hydrogen) atoms. The van der Waals surface area contributed by atoms with Gasteiger partial charge in [-0.15, -0.1) is 0 Å². The molecule has 2 aromatic rings. The van der Waals surface area contributed by atoms with Crippen LogP contribution in [0.3, 0.4) is 0 Å². The summed E-state index contributed by atoms with van der Waals surface area (Å²) in [4.78, 5) is 28.6. The average molecular weight is 328 g/mol. The molecule has 2 rings (SSSR count). The third-order valence-electron chi connectivity index (χ3n) is 3.27. The number of imidazole rings is 1. The van der Waals surface area contributed by atoms with E-state index in [0.717, 1.165) is 0 Å². The van der Waals surface area contributed by atoms with Crippen LogP contribution < -0.4 is 11.0 Å². The second-order valence-electron chi connectivity index (χ2n) is 5.58.